The van der Waals surface area contributed by atoms with Gasteiger partial charge in [0.25, 0.3) is 0 Å². The van der Waals surface area contributed by atoms with E-state index in [-0.39, 0.29) is 24.7 Å². The maximum Gasteiger partial charge on any atom is 0.233 e. The van der Waals surface area contributed by atoms with Crippen LogP contribution in [0.2, 0.25) is 0 Å². The Kier molecular flexibility index (Phi) is 8.35. The van der Waals surface area contributed by atoms with E-state index in [1.165, 1.54) is 22.7 Å². The van der Waals surface area contributed by atoms with Crippen molar-refractivity contribution in [3.8, 4) is 0 Å². The van der Waals surface area contributed by atoms with Gasteiger partial charge in [0.15, 0.2) is 0 Å². The number of furan rings is 2. The summed E-state index contributed by atoms with van der Waals surface area (Å²) in [5.41, 5.74) is 1.53. The summed E-state index contributed by atoms with van der Waals surface area (Å²) >= 11 is 4.53. The van der Waals surface area contributed by atoms with Crippen molar-refractivity contribution >= 4 is 78.5 Å². The first-order chi connectivity index (χ1) is 20.1. The zero-order valence-electron chi connectivity index (χ0n) is 21.7. The highest BCUT2D eigenvalue weighted by molar-refractivity contribution is 7.99. The number of benzene rings is 2. The van der Waals surface area contributed by atoms with E-state index in [1.54, 1.807) is 11.8 Å². The Morgan fingerprint density at radius 1 is 0.683 bits per heavy atom. The second kappa shape index (κ2) is 12.6. The van der Waals surface area contributed by atoms with Gasteiger partial charge in [-0.2, -0.15) is 11.8 Å². The number of carbonyl (C=O) groups is 2. The van der Waals surface area contributed by atoms with Crippen LogP contribution in [0.25, 0.3) is 21.9 Å². The summed E-state index contributed by atoms with van der Waals surface area (Å²) in [6.45, 7) is 0. The largest absolute Gasteiger partial charge is 0.461 e. The minimum Gasteiger partial charge on any atom is -0.461 e. The lowest BCUT2D eigenvalue weighted by molar-refractivity contribution is -0.116. The Morgan fingerprint density at radius 3 is 1.61 bits per heavy atom. The number of hydrogen-bond acceptors (Lipinski definition) is 11. The lowest BCUT2D eigenvalue weighted by Gasteiger charge is -1.99. The van der Waals surface area contributed by atoms with Crippen LogP contribution in [0.1, 0.15) is 21.5 Å². The van der Waals surface area contributed by atoms with Crippen LogP contribution in [0.5, 0.6) is 0 Å². The maximum absolute atomic E-state index is 12.4. The molecule has 0 saturated heterocycles. The number of carbonyl (C=O) groups excluding carboxylic acids is 2. The lowest BCUT2D eigenvalue weighted by atomic mass is 10.2. The SMILES string of the molecule is O=C(Cc1cc2ccccc2o1)Nc1nnc(CCSCCc2nnc(NC(=O)Cc3cc4ccccc4o3)s2)s1. The zero-order valence-corrected chi connectivity index (χ0v) is 24.1. The van der Waals surface area contributed by atoms with Crippen molar-refractivity contribution in [3.05, 3.63) is 82.2 Å². The second-order valence-electron chi connectivity index (χ2n) is 9.07. The molecule has 2 N–H and O–H groups in total. The molecular formula is C28H24N6O4S3. The molecule has 6 rings (SSSR count). The molecular weight excluding hydrogens is 581 g/mol. The summed E-state index contributed by atoms with van der Waals surface area (Å²) in [6.07, 6.45) is 1.78. The van der Waals surface area contributed by atoms with E-state index in [0.29, 0.717) is 21.8 Å². The Morgan fingerprint density at radius 2 is 1.15 bits per heavy atom. The number of aryl methyl sites for hydroxylation is 2. The van der Waals surface area contributed by atoms with Crippen LogP contribution in [0.15, 0.2) is 69.5 Å². The molecule has 6 aromatic rings. The van der Waals surface area contributed by atoms with Crippen molar-refractivity contribution in [3.63, 3.8) is 0 Å². The van der Waals surface area contributed by atoms with Crippen molar-refractivity contribution in [2.24, 2.45) is 0 Å². The number of aromatic nitrogens is 4. The molecule has 0 atom stereocenters. The second-order valence-corrected chi connectivity index (χ2v) is 12.4. The van der Waals surface area contributed by atoms with Crippen molar-refractivity contribution < 1.29 is 18.4 Å². The van der Waals surface area contributed by atoms with Crippen molar-refractivity contribution in [1.29, 1.82) is 0 Å². The molecule has 10 nitrogen and oxygen atoms in total. The third kappa shape index (κ3) is 7.17. The van der Waals surface area contributed by atoms with Crippen LogP contribution in [-0.4, -0.2) is 43.7 Å². The van der Waals surface area contributed by atoms with E-state index in [9.17, 15) is 9.59 Å². The van der Waals surface area contributed by atoms with Gasteiger partial charge in [-0.25, -0.2) is 0 Å². The van der Waals surface area contributed by atoms with E-state index in [4.69, 9.17) is 8.83 Å². The number of rotatable bonds is 12. The summed E-state index contributed by atoms with van der Waals surface area (Å²) in [5.74, 6) is 2.56. The Balaban J connectivity index is 0.885. The maximum atomic E-state index is 12.4. The van der Waals surface area contributed by atoms with Crippen LogP contribution in [0.4, 0.5) is 10.3 Å². The number of hydrogen-bond donors (Lipinski definition) is 2. The number of thioether (sulfide) groups is 1. The molecule has 0 unspecified atom stereocenters. The van der Waals surface area contributed by atoms with Crippen molar-refractivity contribution in [2.75, 3.05) is 22.1 Å². The average molecular weight is 605 g/mol. The van der Waals surface area contributed by atoms with Gasteiger partial charge in [-0.15, -0.1) is 20.4 Å². The molecule has 2 aromatic carbocycles. The molecule has 0 bridgehead atoms. The topological polar surface area (TPSA) is 136 Å². The van der Waals surface area contributed by atoms with Crippen LogP contribution in [0, 0.1) is 0 Å². The fourth-order valence-electron chi connectivity index (χ4n) is 4.12. The first kappa shape index (κ1) is 27.1. The van der Waals surface area contributed by atoms with Gasteiger partial charge in [-0.1, -0.05) is 59.1 Å². The Labute approximate surface area is 246 Å². The van der Waals surface area contributed by atoms with Gasteiger partial charge in [-0.3, -0.25) is 9.59 Å². The van der Waals surface area contributed by atoms with Crippen LogP contribution in [-0.2, 0) is 35.3 Å². The van der Waals surface area contributed by atoms with E-state index >= 15 is 0 Å². The fourth-order valence-corrected chi connectivity index (χ4v) is 6.77. The number of amides is 2. The molecule has 4 aromatic heterocycles. The highest BCUT2D eigenvalue weighted by Crippen LogP contribution is 2.23. The quantitative estimate of drug-likeness (QED) is 0.167. The molecule has 208 valence electrons. The number of nitrogens with zero attached hydrogens (tertiary/aromatic N) is 4. The lowest BCUT2D eigenvalue weighted by Crippen LogP contribution is -2.13. The molecule has 2 amide bonds. The number of fused-ring (bicyclic) bond motifs is 2. The van der Waals surface area contributed by atoms with Gasteiger partial charge in [0.1, 0.15) is 32.7 Å². The predicted molar refractivity (Wildman–Crippen MR) is 162 cm³/mol. The fraction of sp³-hybridized carbons (Fsp3) is 0.214. The van der Waals surface area contributed by atoms with Gasteiger partial charge in [-0.05, 0) is 35.8 Å². The van der Waals surface area contributed by atoms with Crippen LogP contribution >= 0.6 is 34.4 Å². The van der Waals surface area contributed by atoms with Crippen molar-refractivity contribution in [1.82, 2.24) is 20.4 Å². The third-order valence-corrected chi connectivity index (χ3v) is 8.75. The third-order valence-electron chi connectivity index (χ3n) is 5.97. The van der Waals surface area contributed by atoms with E-state index in [1.807, 2.05) is 60.7 Å². The molecule has 0 aliphatic heterocycles. The summed E-state index contributed by atoms with van der Waals surface area (Å²) < 4.78 is 11.4. The molecule has 0 radical (unpaired) electrons. The van der Waals surface area contributed by atoms with Gasteiger partial charge in [0, 0.05) is 23.6 Å². The molecule has 4 heterocycles. The standard InChI is InChI=1S/C28H24N6O4S3/c35-23(15-19-13-17-5-1-3-7-21(17)37-19)29-27-33-31-25(40-27)9-11-39-12-10-26-32-34-28(41-26)30-24(36)16-20-14-18-6-2-4-8-22(18)38-20/h1-8,13-14H,9-12,15-16H2,(H,29,33,35)(H,30,34,36). The first-order valence-corrected chi connectivity index (χ1v) is 15.6. The van der Waals surface area contributed by atoms with E-state index in [0.717, 1.165) is 56.3 Å². The Hall–Kier alpha value is -4.07. The number of para-hydroxylation sites is 2. The summed E-state index contributed by atoms with van der Waals surface area (Å²) in [4.78, 5) is 24.8. The van der Waals surface area contributed by atoms with Gasteiger partial charge in [0.05, 0.1) is 12.8 Å². The summed E-state index contributed by atoms with van der Waals surface area (Å²) in [7, 11) is 0. The molecule has 0 spiro atoms. The molecule has 0 fully saturated rings. The normalized spacial score (nSPS) is 11.3. The molecule has 0 aliphatic carbocycles. The van der Waals surface area contributed by atoms with Crippen LogP contribution in [0.3, 0.4) is 0 Å². The minimum atomic E-state index is -0.191. The number of nitrogens with one attached hydrogen (secondary N) is 2. The van der Waals surface area contributed by atoms with E-state index in [2.05, 4.69) is 31.0 Å². The van der Waals surface area contributed by atoms with E-state index < -0.39 is 0 Å². The molecule has 13 heteroatoms. The summed E-state index contributed by atoms with van der Waals surface area (Å²) in [6, 6.07) is 19.1. The van der Waals surface area contributed by atoms with Crippen molar-refractivity contribution in [2.45, 2.75) is 25.7 Å². The smallest absolute Gasteiger partial charge is 0.233 e. The van der Waals surface area contributed by atoms with Gasteiger partial charge in [0.2, 0.25) is 22.1 Å². The molecule has 41 heavy (non-hydrogen) atoms. The highest BCUT2D eigenvalue weighted by Gasteiger charge is 2.14. The average Bonchev–Trinajstić information content (AvgIpc) is 3.75. The van der Waals surface area contributed by atoms with Gasteiger partial charge >= 0.3 is 0 Å². The van der Waals surface area contributed by atoms with Crippen LogP contribution < -0.4 is 10.6 Å². The Bertz CT molecular complexity index is 1610. The number of anilines is 2. The monoisotopic (exact) mass is 604 g/mol. The zero-order chi connectivity index (χ0) is 28.0. The predicted octanol–water partition coefficient (Wildman–Crippen LogP) is 5.76. The summed E-state index contributed by atoms with van der Waals surface area (Å²) in [5, 5.41) is 26.8. The first-order valence-electron chi connectivity index (χ1n) is 12.8. The molecule has 0 aliphatic rings. The minimum absolute atomic E-state index is 0.137. The highest BCUT2D eigenvalue weighted by atomic mass is 32.2. The van der Waals surface area contributed by atoms with Gasteiger partial charge < -0.3 is 19.5 Å². The molecule has 0 saturated carbocycles.